The molecule has 0 amide bonds. The van der Waals surface area contributed by atoms with Gasteiger partial charge in [0.1, 0.15) is 23.0 Å². The van der Waals surface area contributed by atoms with Crippen molar-refractivity contribution in [2.24, 2.45) is 17.3 Å². The van der Waals surface area contributed by atoms with E-state index in [-0.39, 0.29) is 54.8 Å². The van der Waals surface area contributed by atoms with Crippen LogP contribution >= 0.6 is 0 Å². The summed E-state index contributed by atoms with van der Waals surface area (Å²) >= 11 is 0. The second-order valence-electron chi connectivity index (χ2n) is 17.4. The van der Waals surface area contributed by atoms with Crippen molar-refractivity contribution in [2.45, 2.75) is 130 Å². The van der Waals surface area contributed by atoms with Crippen LogP contribution in [0.1, 0.15) is 132 Å². The summed E-state index contributed by atoms with van der Waals surface area (Å²) in [5, 5.41) is 84.0. The summed E-state index contributed by atoms with van der Waals surface area (Å²) in [6.07, 6.45) is 7.01. The Morgan fingerprint density at radius 3 is 1.18 bits per heavy atom. The van der Waals surface area contributed by atoms with Gasteiger partial charge in [-0.2, -0.15) is 0 Å². The van der Waals surface area contributed by atoms with Crippen molar-refractivity contribution >= 4 is 0 Å². The minimum Gasteiger partial charge on any atom is -0.508 e. The van der Waals surface area contributed by atoms with Crippen LogP contribution in [0.5, 0.6) is 23.0 Å². The molecule has 0 atom stereocenters. The summed E-state index contributed by atoms with van der Waals surface area (Å²) in [4.78, 5) is 0. The van der Waals surface area contributed by atoms with Crippen molar-refractivity contribution in [2.75, 3.05) is 0 Å². The zero-order chi connectivity index (χ0) is 40.0. The summed E-state index contributed by atoms with van der Waals surface area (Å²) < 4.78 is 0. The quantitative estimate of drug-likeness (QED) is 0.0802. The first-order chi connectivity index (χ1) is 26.1. The maximum absolute atomic E-state index is 10.8. The molecule has 8 N–H and O–H groups in total. The summed E-state index contributed by atoms with van der Waals surface area (Å²) in [5.74, 6) is 1.26. The van der Waals surface area contributed by atoms with E-state index in [1.54, 1.807) is 6.07 Å². The van der Waals surface area contributed by atoms with Crippen LogP contribution < -0.4 is 0 Å². The first kappa shape index (κ1) is 40.6. The molecular formula is C47H60O8. The summed E-state index contributed by atoms with van der Waals surface area (Å²) in [5.41, 5.74) is 8.06. The zero-order valence-corrected chi connectivity index (χ0v) is 33.3. The van der Waals surface area contributed by atoms with Crippen molar-refractivity contribution in [3.8, 4) is 23.0 Å². The number of aliphatic hydroxyl groups excluding tert-OH is 4. The summed E-state index contributed by atoms with van der Waals surface area (Å²) in [6, 6.07) is 15.5. The lowest BCUT2D eigenvalue weighted by atomic mass is 9.52. The molecule has 4 aromatic carbocycles. The first-order valence-electron chi connectivity index (χ1n) is 19.8. The molecule has 0 aliphatic heterocycles. The van der Waals surface area contributed by atoms with Crippen molar-refractivity contribution < 1.29 is 40.9 Å². The van der Waals surface area contributed by atoms with Crippen LogP contribution in [0.2, 0.25) is 0 Å². The van der Waals surface area contributed by atoms with Gasteiger partial charge in [0, 0.05) is 27.5 Å². The average Bonchev–Trinajstić information content (AvgIpc) is 3.18. The second-order valence-corrected chi connectivity index (χ2v) is 17.4. The topological polar surface area (TPSA) is 162 Å². The lowest BCUT2D eigenvalue weighted by Gasteiger charge is -2.52. The highest BCUT2D eigenvalue weighted by molar-refractivity contribution is 5.55. The summed E-state index contributed by atoms with van der Waals surface area (Å²) in [7, 11) is 0. The van der Waals surface area contributed by atoms with Crippen LogP contribution in [0.3, 0.4) is 0 Å². The number of aliphatic hydroxyl groups is 4. The van der Waals surface area contributed by atoms with Crippen LogP contribution in [0.15, 0.2) is 48.5 Å². The minimum atomic E-state index is -0.491. The van der Waals surface area contributed by atoms with Crippen LogP contribution in [-0.2, 0) is 37.3 Å². The molecule has 2 saturated carbocycles. The number of hydrogen-bond donors (Lipinski definition) is 8. The van der Waals surface area contributed by atoms with Gasteiger partial charge in [-0.25, -0.2) is 0 Å². The van der Waals surface area contributed by atoms with Gasteiger partial charge in [-0.15, -0.1) is 0 Å². The SMILES string of the molecule is Cc1cc(C2(c3cc(C)c(O)c(CO)c3)CCC(C(C)(C)C3CCC(c4cc(C)c(O)c(CO)c4)(c4cc(C)c(O)c(CO)c4)CC3)CC2)c(CO)cc1O. The fourth-order valence-electron chi connectivity index (χ4n) is 10.6. The van der Waals surface area contributed by atoms with Gasteiger partial charge in [0.15, 0.2) is 0 Å². The minimum absolute atomic E-state index is 0.0214. The lowest BCUT2D eigenvalue weighted by Crippen LogP contribution is -2.43. The van der Waals surface area contributed by atoms with E-state index in [1.807, 2.05) is 70.2 Å². The fraction of sp³-hybridized carbons (Fsp3) is 0.489. The zero-order valence-electron chi connectivity index (χ0n) is 33.3. The van der Waals surface area contributed by atoms with E-state index >= 15 is 0 Å². The molecule has 2 fully saturated rings. The van der Waals surface area contributed by atoms with E-state index < -0.39 is 10.8 Å². The highest BCUT2D eigenvalue weighted by Gasteiger charge is 2.49. The number of hydrogen-bond acceptors (Lipinski definition) is 8. The van der Waals surface area contributed by atoms with Gasteiger partial charge in [0.05, 0.1) is 26.4 Å². The number of phenols is 4. The standard InChI is InChI=1S/C47H60O8/c1-27-18-40(31(23-48)22-41(27)52)47(39-17-30(4)44(55)34(21-39)26-51)13-9-36(10-14-47)45(5,6)35-7-11-46(12-8-35,37-15-28(2)42(53)32(19-37)24-49)38-16-29(3)43(54)33(20-38)25-50/h15-22,35-36,48-55H,7-14,23-26H2,1-6H3. The molecule has 8 heteroatoms. The van der Waals surface area contributed by atoms with Crippen molar-refractivity contribution in [3.05, 3.63) is 115 Å². The first-order valence-corrected chi connectivity index (χ1v) is 19.8. The average molecular weight is 753 g/mol. The summed E-state index contributed by atoms with van der Waals surface area (Å²) in [6.45, 7) is 11.2. The maximum Gasteiger partial charge on any atom is 0.124 e. The Labute approximate surface area is 325 Å². The Morgan fingerprint density at radius 2 is 0.818 bits per heavy atom. The molecule has 0 aromatic heterocycles. The van der Waals surface area contributed by atoms with E-state index in [2.05, 4.69) is 13.8 Å². The van der Waals surface area contributed by atoms with Gasteiger partial charge in [-0.3, -0.25) is 0 Å². The van der Waals surface area contributed by atoms with E-state index in [4.69, 9.17) is 0 Å². The molecule has 0 unspecified atom stereocenters. The van der Waals surface area contributed by atoms with E-state index in [0.717, 1.165) is 79.2 Å². The van der Waals surface area contributed by atoms with Gasteiger partial charge in [-0.1, -0.05) is 38.1 Å². The predicted molar refractivity (Wildman–Crippen MR) is 214 cm³/mol. The van der Waals surface area contributed by atoms with Crippen LogP contribution in [-0.4, -0.2) is 40.9 Å². The fourth-order valence-corrected chi connectivity index (χ4v) is 10.6. The maximum atomic E-state index is 10.8. The molecule has 2 aliphatic rings. The molecule has 296 valence electrons. The molecular weight excluding hydrogens is 693 g/mol. The largest absolute Gasteiger partial charge is 0.508 e. The highest BCUT2D eigenvalue weighted by atomic mass is 16.3. The Kier molecular flexibility index (Phi) is 11.4. The molecule has 4 aromatic rings. The van der Waals surface area contributed by atoms with Gasteiger partial charge in [-0.05, 0) is 171 Å². The number of aromatic hydroxyl groups is 4. The Morgan fingerprint density at radius 1 is 0.473 bits per heavy atom. The molecule has 0 bridgehead atoms. The van der Waals surface area contributed by atoms with E-state index in [1.165, 1.54) is 0 Å². The number of rotatable bonds is 10. The molecule has 6 rings (SSSR count). The third-order valence-corrected chi connectivity index (χ3v) is 14.2. The van der Waals surface area contributed by atoms with Crippen LogP contribution in [0, 0.1) is 44.9 Å². The van der Waals surface area contributed by atoms with Gasteiger partial charge >= 0.3 is 0 Å². The number of phenolic OH excluding ortho intramolecular Hbond substituents is 1. The molecule has 0 spiro atoms. The monoisotopic (exact) mass is 752 g/mol. The Balaban J connectivity index is 1.34. The highest BCUT2D eigenvalue weighted by Crippen LogP contribution is 2.58. The molecule has 0 heterocycles. The van der Waals surface area contributed by atoms with E-state index in [9.17, 15) is 40.9 Å². The molecule has 0 saturated heterocycles. The Hall–Kier alpha value is -4.08. The Bertz CT molecular complexity index is 1990. The molecule has 8 nitrogen and oxygen atoms in total. The van der Waals surface area contributed by atoms with Crippen molar-refractivity contribution in [1.29, 1.82) is 0 Å². The van der Waals surface area contributed by atoms with Crippen LogP contribution in [0.25, 0.3) is 0 Å². The third-order valence-electron chi connectivity index (χ3n) is 14.2. The smallest absolute Gasteiger partial charge is 0.124 e. The van der Waals surface area contributed by atoms with Gasteiger partial charge < -0.3 is 40.9 Å². The predicted octanol–water partition coefficient (Wildman–Crippen LogP) is 8.39. The second kappa shape index (κ2) is 15.5. The molecule has 55 heavy (non-hydrogen) atoms. The molecule has 2 aliphatic carbocycles. The van der Waals surface area contributed by atoms with Crippen molar-refractivity contribution in [3.63, 3.8) is 0 Å². The lowest BCUT2D eigenvalue weighted by molar-refractivity contribution is 0.0362. The normalized spacial score (nSPS) is 20.5. The van der Waals surface area contributed by atoms with Crippen molar-refractivity contribution in [1.82, 2.24) is 0 Å². The third kappa shape index (κ3) is 7.01. The number of aryl methyl sites for hydroxylation is 4. The van der Waals surface area contributed by atoms with Crippen LogP contribution in [0.4, 0.5) is 0 Å². The number of benzene rings is 4. The van der Waals surface area contributed by atoms with E-state index in [0.29, 0.717) is 50.8 Å². The van der Waals surface area contributed by atoms with Gasteiger partial charge in [0.25, 0.3) is 0 Å². The van der Waals surface area contributed by atoms with Gasteiger partial charge in [0.2, 0.25) is 0 Å². The molecule has 0 radical (unpaired) electrons.